The van der Waals surface area contributed by atoms with Gasteiger partial charge in [-0.05, 0) is 42.2 Å². The summed E-state index contributed by atoms with van der Waals surface area (Å²) in [5.41, 5.74) is 5.66. The largest absolute Gasteiger partial charge is 0.321 e. The molecule has 0 aliphatic carbocycles. The Labute approximate surface area is 189 Å². The summed E-state index contributed by atoms with van der Waals surface area (Å²) >= 11 is 0. The molecule has 0 bridgehead atoms. The lowest BCUT2D eigenvalue weighted by atomic mass is 9.98. The quantitative estimate of drug-likeness (QED) is 0.408. The standard InChI is InChI=1S/C29H27N3/c1-3-21(2)22-13-16-26(17-14-22)32-20-25-11-7-8-12-28(25)31-29(32)24-15-18-27(30-19-24)23-9-5-4-6-10-23/h4-21,29H,3H2,1-2H3. The first kappa shape index (κ1) is 20.2. The van der Waals surface area contributed by atoms with Gasteiger partial charge in [-0.25, -0.2) is 0 Å². The van der Waals surface area contributed by atoms with Crippen LogP contribution in [0.25, 0.3) is 17.5 Å². The number of para-hydroxylation sites is 1. The Hall–Kier alpha value is -3.72. The fourth-order valence-electron chi connectivity index (χ4n) is 4.13. The van der Waals surface area contributed by atoms with Gasteiger partial charge in [-0.2, -0.15) is 0 Å². The number of hydrogen-bond acceptors (Lipinski definition) is 3. The number of benzene rings is 3. The van der Waals surface area contributed by atoms with Gasteiger partial charge in [-0.3, -0.25) is 9.98 Å². The highest BCUT2D eigenvalue weighted by molar-refractivity contribution is 5.63. The van der Waals surface area contributed by atoms with Crippen LogP contribution in [0.15, 0.2) is 102 Å². The van der Waals surface area contributed by atoms with Crippen molar-refractivity contribution in [2.24, 2.45) is 4.99 Å². The van der Waals surface area contributed by atoms with Gasteiger partial charge >= 0.3 is 0 Å². The van der Waals surface area contributed by atoms with Gasteiger partial charge in [0.15, 0.2) is 6.17 Å². The molecule has 3 aromatic carbocycles. The molecule has 0 spiro atoms. The molecule has 4 aromatic rings. The van der Waals surface area contributed by atoms with E-state index in [1.165, 1.54) is 5.56 Å². The van der Waals surface area contributed by atoms with E-state index in [4.69, 9.17) is 9.98 Å². The van der Waals surface area contributed by atoms with Gasteiger partial charge in [-0.15, -0.1) is 0 Å². The van der Waals surface area contributed by atoms with Crippen LogP contribution in [0.3, 0.4) is 0 Å². The van der Waals surface area contributed by atoms with Crippen LogP contribution in [0, 0.1) is 0 Å². The van der Waals surface area contributed by atoms with E-state index in [0.717, 1.165) is 39.5 Å². The van der Waals surface area contributed by atoms with Crippen LogP contribution in [-0.4, -0.2) is 4.98 Å². The predicted molar refractivity (Wildman–Crippen MR) is 132 cm³/mol. The molecule has 2 unspecified atom stereocenters. The highest BCUT2D eigenvalue weighted by Crippen LogP contribution is 2.31. The zero-order valence-electron chi connectivity index (χ0n) is 18.5. The molecule has 0 radical (unpaired) electrons. The minimum atomic E-state index is -0.156. The summed E-state index contributed by atoms with van der Waals surface area (Å²) in [4.78, 5) is 12.1. The van der Waals surface area contributed by atoms with E-state index in [9.17, 15) is 0 Å². The summed E-state index contributed by atoms with van der Waals surface area (Å²) in [5, 5.41) is 2.14. The second-order valence-electron chi connectivity index (χ2n) is 8.34. The van der Waals surface area contributed by atoms with E-state index >= 15 is 0 Å². The number of pyridine rings is 1. The van der Waals surface area contributed by atoms with Crippen LogP contribution < -0.4 is 15.5 Å². The van der Waals surface area contributed by atoms with Crippen molar-refractivity contribution in [3.63, 3.8) is 0 Å². The number of aromatic nitrogens is 1. The highest BCUT2D eigenvalue weighted by atomic mass is 15.2. The number of hydrogen-bond donors (Lipinski definition) is 0. The predicted octanol–water partition coefficient (Wildman–Crippen LogP) is 5.84. The third-order valence-electron chi connectivity index (χ3n) is 6.27. The van der Waals surface area contributed by atoms with Gasteiger partial charge in [0.05, 0.1) is 11.1 Å². The first-order chi connectivity index (χ1) is 15.7. The monoisotopic (exact) mass is 417 g/mol. The molecule has 1 aliphatic heterocycles. The Morgan fingerprint density at radius 3 is 2.31 bits per heavy atom. The molecule has 2 atom stereocenters. The number of nitrogens with zero attached hydrogens (tertiary/aromatic N) is 3. The fraction of sp³-hybridized carbons (Fsp3) is 0.172. The maximum Gasteiger partial charge on any atom is 0.153 e. The lowest BCUT2D eigenvalue weighted by Crippen LogP contribution is -2.37. The van der Waals surface area contributed by atoms with Gasteiger partial charge in [0.1, 0.15) is 0 Å². The van der Waals surface area contributed by atoms with Crippen molar-refractivity contribution in [2.45, 2.75) is 32.4 Å². The van der Waals surface area contributed by atoms with Gasteiger partial charge in [0, 0.05) is 34.4 Å². The van der Waals surface area contributed by atoms with Crippen molar-refractivity contribution < 1.29 is 0 Å². The molecule has 3 heteroatoms. The Morgan fingerprint density at radius 2 is 1.59 bits per heavy atom. The van der Waals surface area contributed by atoms with Crippen molar-refractivity contribution in [2.75, 3.05) is 4.90 Å². The summed E-state index contributed by atoms with van der Waals surface area (Å²) in [5.74, 6) is 0.560. The second kappa shape index (κ2) is 8.80. The summed E-state index contributed by atoms with van der Waals surface area (Å²) in [6, 6.07) is 31.7. The first-order valence-corrected chi connectivity index (χ1v) is 11.3. The minimum Gasteiger partial charge on any atom is -0.321 e. The van der Waals surface area contributed by atoms with E-state index in [-0.39, 0.29) is 6.17 Å². The lowest BCUT2D eigenvalue weighted by molar-refractivity contribution is 0.708. The highest BCUT2D eigenvalue weighted by Gasteiger charge is 2.22. The molecule has 5 rings (SSSR count). The van der Waals surface area contributed by atoms with Crippen molar-refractivity contribution in [1.29, 1.82) is 0 Å². The summed E-state index contributed by atoms with van der Waals surface area (Å²) in [6.07, 6.45) is 5.14. The van der Waals surface area contributed by atoms with Crippen LogP contribution in [0.5, 0.6) is 0 Å². The number of anilines is 1. The SMILES string of the molecule is CCC(C)c1ccc(N2C=c3ccccc3=NC2c2ccc(-c3ccccc3)nc2)cc1. The molecule has 1 aliphatic rings. The Morgan fingerprint density at radius 1 is 0.844 bits per heavy atom. The fourth-order valence-corrected chi connectivity index (χ4v) is 4.13. The number of rotatable bonds is 5. The zero-order chi connectivity index (χ0) is 21.9. The molecule has 0 saturated heterocycles. The third-order valence-corrected chi connectivity index (χ3v) is 6.27. The topological polar surface area (TPSA) is 28.5 Å². The van der Waals surface area contributed by atoms with E-state index < -0.39 is 0 Å². The maximum absolute atomic E-state index is 5.10. The molecule has 0 saturated carbocycles. The molecule has 32 heavy (non-hydrogen) atoms. The van der Waals surface area contributed by atoms with E-state index in [1.807, 2.05) is 30.5 Å². The van der Waals surface area contributed by atoms with Crippen LogP contribution in [0.4, 0.5) is 5.69 Å². The second-order valence-corrected chi connectivity index (χ2v) is 8.34. The van der Waals surface area contributed by atoms with Crippen LogP contribution >= 0.6 is 0 Å². The van der Waals surface area contributed by atoms with Gasteiger partial charge in [0.2, 0.25) is 0 Å². The molecule has 2 heterocycles. The van der Waals surface area contributed by atoms with Gasteiger partial charge < -0.3 is 4.90 Å². The summed E-state index contributed by atoms with van der Waals surface area (Å²) < 4.78 is 0. The van der Waals surface area contributed by atoms with Crippen molar-refractivity contribution >= 4 is 11.9 Å². The summed E-state index contributed by atoms with van der Waals surface area (Å²) in [7, 11) is 0. The molecular formula is C29H27N3. The van der Waals surface area contributed by atoms with Gasteiger partial charge in [-0.1, -0.05) is 80.6 Å². The molecule has 0 N–H and O–H groups in total. The average Bonchev–Trinajstić information content (AvgIpc) is 2.88. The van der Waals surface area contributed by atoms with E-state index in [0.29, 0.717) is 5.92 Å². The van der Waals surface area contributed by atoms with E-state index in [2.05, 4.69) is 91.7 Å². The zero-order valence-corrected chi connectivity index (χ0v) is 18.5. The molecular weight excluding hydrogens is 390 g/mol. The van der Waals surface area contributed by atoms with Crippen molar-refractivity contribution in [1.82, 2.24) is 4.98 Å². The summed E-state index contributed by atoms with van der Waals surface area (Å²) in [6.45, 7) is 4.51. The average molecular weight is 418 g/mol. The molecule has 3 nitrogen and oxygen atoms in total. The molecule has 0 fully saturated rings. The van der Waals surface area contributed by atoms with Crippen molar-refractivity contribution in [3.05, 3.63) is 119 Å². The van der Waals surface area contributed by atoms with Crippen LogP contribution in [0.2, 0.25) is 0 Å². The normalized spacial score (nSPS) is 15.9. The van der Waals surface area contributed by atoms with Crippen LogP contribution in [-0.2, 0) is 0 Å². The first-order valence-electron chi connectivity index (χ1n) is 11.3. The smallest absolute Gasteiger partial charge is 0.153 e. The maximum atomic E-state index is 5.10. The van der Waals surface area contributed by atoms with Crippen LogP contribution in [0.1, 0.15) is 43.5 Å². The Bertz CT molecular complexity index is 1310. The third kappa shape index (κ3) is 3.94. The van der Waals surface area contributed by atoms with Gasteiger partial charge in [0.25, 0.3) is 0 Å². The van der Waals surface area contributed by atoms with E-state index in [1.54, 1.807) is 0 Å². The number of fused-ring (bicyclic) bond motifs is 1. The Balaban J connectivity index is 1.55. The lowest BCUT2D eigenvalue weighted by Gasteiger charge is -2.30. The molecule has 1 aromatic heterocycles. The Kier molecular flexibility index (Phi) is 5.55. The van der Waals surface area contributed by atoms with Crippen molar-refractivity contribution in [3.8, 4) is 11.3 Å². The molecule has 158 valence electrons. The molecule has 0 amide bonds. The minimum absolute atomic E-state index is 0.156.